The van der Waals surface area contributed by atoms with Gasteiger partial charge in [-0.1, -0.05) is 104 Å². The van der Waals surface area contributed by atoms with Crippen LogP contribution in [0, 0.1) is 47.3 Å². The Bertz CT molecular complexity index is 2130. The number of carbonyl (C=O) groups is 2. The van der Waals surface area contributed by atoms with Gasteiger partial charge in [0, 0.05) is 0 Å². The van der Waals surface area contributed by atoms with Crippen LogP contribution in [0.25, 0.3) is 0 Å². The zero-order valence-electron chi connectivity index (χ0n) is 46.8. The van der Waals surface area contributed by atoms with E-state index in [0.717, 1.165) is 60.9 Å². The zero-order valence-corrected chi connectivity index (χ0v) is 46.8. The van der Waals surface area contributed by atoms with Crippen LogP contribution in [0.2, 0.25) is 0 Å². The first kappa shape index (κ1) is 56.7. The molecular weight excluding hydrogens is 921 g/mol. The van der Waals surface area contributed by atoms with Crippen LogP contribution in [-0.2, 0) is 19.1 Å². The number of aromatic hydroxyl groups is 2. The van der Waals surface area contributed by atoms with Crippen molar-refractivity contribution < 1.29 is 38.7 Å². The summed E-state index contributed by atoms with van der Waals surface area (Å²) in [6, 6.07) is 31.0. The summed E-state index contributed by atoms with van der Waals surface area (Å²) >= 11 is 0. The van der Waals surface area contributed by atoms with E-state index in [0.29, 0.717) is 58.8 Å². The largest absolute Gasteiger partial charge is 0.508 e. The smallest absolute Gasteiger partial charge is 0.344 e. The summed E-state index contributed by atoms with van der Waals surface area (Å²) in [7, 11) is 0. The average Bonchev–Trinajstić information content (AvgIpc) is 3.40. The third kappa shape index (κ3) is 14.3. The number of benzene rings is 4. The number of esters is 2. The van der Waals surface area contributed by atoms with E-state index in [1.165, 1.54) is 86.5 Å². The molecule has 8 aliphatic rings. The van der Waals surface area contributed by atoms with Crippen LogP contribution >= 0.6 is 0 Å². The van der Waals surface area contributed by atoms with E-state index in [4.69, 9.17) is 29.2 Å². The van der Waals surface area contributed by atoms with E-state index < -0.39 is 0 Å². The van der Waals surface area contributed by atoms with Crippen LogP contribution in [0.15, 0.2) is 97.1 Å². The molecule has 2 N–H and O–H groups in total. The number of ether oxygens (including phenoxy) is 4. The first-order valence-electron chi connectivity index (χ1n) is 28.9. The second kappa shape index (κ2) is 25.7. The number of rotatable bonds is 16. The van der Waals surface area contributed by atoms with E-state index in [9.17, 15) is 9.59 Å². The molecule has 0 spiro atoms. The van der Waals surface area contributed by atoms with Gasteiger partial charge < -0.3 is 29.2 Å². The molecule has 8 fully saturated rings. The summed E-state index contributed by atoms with van der Waals surface area (Å²) in [5, 5.41) is 18.0. The Morgan fingerprint density at radius 1 is 0.419 bits per heavy atom. The second-order valence-corrected chi connectivity index (χ2v) is 24.1. The van der Waals surface area contributed by atoms with Crippen molar-refractivity contribution >= 4 is 11.9 Å². The van der Waals surface area contributed by atoms with Gasteiger partial charge in [-0.05, 0) is 246 Å². The van der Waals surface area contributed by atoms with Crippen molar-refractivity contribution in [3.8, 4) is 23.0 Å². The van der Waals surface area contributed by atoms with Crippen molar-refractivity contribution in [1.82, 2.24) is 0 Å². The van der Waals surface area contributed by atoms with Gasteiger partial charge in [-0.25, -0.2) is 9.59 Å². The standard InChI is InChI=1S/2C23H32O3.2C10H14O/c2*1-4-15(2)18-5-7-21(8-6-18)25-14-22(24)26-23(3)19-10-16-9-17(12-19)13-20(23)11-16;2*1-3-8(2)9-4-6-10(11)7-5-9/h2*5-8,15-17,19-20H,4,9-14H2,1-3H3;2*4-8,11H,3H2,1-2H3. The number of carbonyl (C=O) groups excluding carboxylic acids is 2. The van der Waals surface area contributed by atoms with Gasteiger partial charge in [0.2, 0.25) is 0 Å². The molecule has 8 aliphatic carbocycles. The monoisotopic (exact) mass is 1010 g/mol. The van der Waals surface area contributed by atoms with E-state index in [-0.39, 0.29) is 36.4 Å². The van der Waals surface area contributed by atoms with Crippen LogP contribution in [0.3, 0.4) is 0 Å². The summed E-state index contributed by atoms with van der Waals surface area (Å²) in [5.74, 6) is 9.75. The van der Waals surface area contributed by atoms with Gasteiger partial charge in [0.15, 0.2) is 13.2 Å². The average molecular weight is 1010 g/mol. The molecule has 4 atom stereocenters. The summed E-state index contributed by atoms with van der Waals surface area (Å²) in [5.41, 5.74) is 4.67. The predicted molar refractivity (Wildman–Crippen MR) is 298 cm³/mol. The molecule has 4 aromatic carbocycles. The Balaban J connectivity index is 0.000000156. The third-order valence-electron chi connectivity index (χ3n) is 19.2. The van der Waals surface area contributed by atoms with Crippen molar-refractivity contribution in [3.63, 3.8) is 0 Å². The molecule has 4 unspecified atom stereocenters. The molecule has 8 heteroatoms. The maximum absolute atomic E-state index is 12.5. The minimum atomic E-state index is -0.270. The second-order valence-electron chi connectivity index (χ2n) is 24.1. The van der Waals surface area contributed by atoms with Gasteiger partial charge in [0.1, 0.15) is 34.2 Å². The molecule has 0 radical (unpaired) electrons. The molecule has 404 valence electrons. The van der Waals surface area contributed by atoms with E-state index >= 15 is 0 Å². The Morgan fingerprint density at radius 3 is 0.878 bits per heavy atom. The molecule has 0 aliphatic heterocycles. The van der Waals surface area contributed by atoms with Crippen molar-refractivity contribution in [2.24, 2.45) is 47.3 Å². The molecule has 0 saturated heterocycles. The Labute approximate surface area is 445 Å². The maximum atomic E-state index is 12.5. The Morgan fingerprint density at radius 2 is 0.649 bits per heavy atom. The quantitative estimate of drug-likeness (QED) is 0.107. The number of hydrogen-bond donors (Lipinski definition) is 2. The van der Waals surface area contributed by atoms with E-state index in [1.54, 1.807) is 24.3 Å². The van der Waals surface area contributed by atoms with Crippen molar-refractivity contribution in [2.75, 3.05) is 13.2 Å². The number of phenols is 2. The minimum absolute atomic E-state index is 0.00453. The normalized spacial score (nSPS) is 29.1. The molecule has 0 amide bonds. The zero-order chi connectivity index (χ0) is 53.2. The molecule has 8 nitrogen and oxygen atoms in total. The van der Waals surface area contributed by atoms with Crippen LogP contribution in [0.5, 0.6) is 23.0 Å². The lowest BCUT2D eigenvalue weighted by Crippen LogP contribution is -2.58. The fraction of sp³-hybridized carbons (Fsp3) is 0.606. The molecule has 12 rings (SSSR count). The highest BCUT2D eigenvalue weighted by Gasteiger charge is 2.58. The molecular formula is C66H92O8. The van der Waals surface area contributed by atoms with Crippen LogP contribution in [-0.4, -0.2) is 46.6 Å². The first-order chi connectivity index (χ1) is 35.4. The van der Waals surface area contributed by atoms with Gasteiger partial charge in [-0.15, -0.1) is 0 Å². The van der Waals surface area contributed by atoms with Gasteiger partial charge in [0.05, 0.1) is 0 Å². The topological polar surface area (TPSA) is 112 Å². The summed E-state index contributed by atoms with van der Waals surface area (Å²) < 4.78 is 23.5. The fourth-order valence-corrected chi connectivity index (χ4v) is 13.7. The molecule has 4 aromatic rings. The highest BCUT2D eigenvalue weighted by atomic mass is 16.6. The highest BCUT2D eigenvalue weighted by Crippen LogP contribution is 2.60. The van der Waals surface area contributed by atoms with Gasteiger partial charge >= 0.3 is 11.9 Å². The first-order valence-corrected chi connectivity index (χ1v) is 28.9. The third-order valence-corrected chi connectivity index (χ3v) is 19.2. The lowest BCUT2D eigenvalue weighted by atomic mass is 9.50. The summed E-state index contributed by atoms with van der Waals surface area (Å²) in [4.78, 5) is 25.0. The van der Waals surface area contributed by atoms with Crippen molar-refractivity contribution in [2.45, 2.75) is 194 Å². The van der Waals surface area contributed by atoms with Crippen LogP contribution in [0.1, 0.15) is 205 Å². The number of hydrogen-bond acceptors (Lipinski definition) is 8. The van der Waals surface area contributed by atoms with Crippen molar-refractivity contribution in [1.29, 1.82) is 0 Å². The molecule has 0 aromatic heterocycles. The van der Waals surface area contributed by atoms with Gasteiger partial charge in [-0.3, -0.25) is 0 Å². The minimum Gasteiger partial charge on any atom is -0.508 e. The SMILES string of the molecule is CCC(C)c1ccc(O)cc1.CCC(C)c1ccc(O)cc1.CCC(C)c1ccc(OCC(=O)OC2(C)C3CC4CC(C3)CC2C4)cc1.CCC(C)c1ccc(OCC(=O)OC2(C)C3CC4CC(C3)CC2C4)cc1. The van der Waals surface area contributed by atoms with Crippen molar-refractivity contribution in [3.05, 3.63) is 119 Å². The summed E-state index contributed by atoms with van der Waals surface area (Å²) in [6.45, 7) is 21.9. The summed E-state index contributed by atoms with van der Waals surface area (Å²) in [6.07, 6.45) is 17.3. The fourth-order valence-electron chi connectivity index (χ4n) is 13.7. The predicted octanol–water partition coefficient (Wildman–Crippen LogP) is 16.5. The Hall–Kier alpha value is -4.98. The number of phenolic OH excluding ortho intramolecular Hbond substituents is 2. The highest BCUT2D eigenvalue weighted by molar-refractivity contribution is 5.72. The molecule has 8 bridgehead atoms. The molecule has 74 heavy (non-hydrogen) atoms. The lowest BCUT2D eigenvalue weighted by Gasteiger charge is -2.59. The molecule has 8 saturated carbocycles. The van der Waals surface area contributed by atoms with Gasteiger partial charge in [-0.2, -0.15) is 0 Å². The lowest BCUT2D eigenvalue weighted by molar-refractivity contribution is -0.205. The van der Waals surface area contributed by atoms with Crippen LogP contribution < -0.4 is 9.47 Å². The van der Waals surface area contributed by atoms with E-state index in [1.807, 2.05) is 48.5 Å². The Kier molecular flexibility index (Phi) is 19.7. The maximum Gasteiger partial charge on any atom is 0.344 e. The van der Waals surface area contributed by atoms with E-state index in [2.05, 4.69) is 93.5 Å². The molecule has 0 heterocycles. The van der Waals surface area contributed by atoms with Gasteiger partial charge in [0.25, 0.3) is 0 Å². The van der Waals surface area contributed by atoms with Crippen LogP contribution in [0.4, 0.5) is 0 Å².